The van der Waals surface area contributed by atoms with Crippen LogP contribution in [0.5, 0.6) is 0 Å². The Bertz CT molecular complexity index is 496. The van der Waals surface area contributed by atoms with E-state index < -0.39 is 0 Å². The summed E-state index contributed by atoms with van der Waals surface area (Å²) >= 11 is 0. The second kappa shape index (κ2) is 6.83. The number of benzene rings is 1. The minimum Gasteiger partial charge on any atom is -0.462 e. The molecule has 116 valence electrons. The molecule has 1 saturated carbocycles. The van der Waals surface area contributed by atoms with Gasteiger partial charge in [-0.25, -0.2) is 4.79 Å². The van der Waals surface area contributed by atoms with Crippen molar-refractivity contribution >= 4 is 17.3 Å². The third-order valence-electron chi connectivity index (χ3n) is 3.78. The average Bonchev–Trinajstić information content (AvgIpc) is 3.25. The smallest absolute Gasteiger partial charge is 0.338 e. The Hall–Kier alpha value is -1.71. The van der Waals surface area contributed by atoms with Gasteiger partial charge in [0.25, 0.3) is 0 Å². The topological polar surface area (TPSA) is 55.6 Å². The van der Waals surface area contributed by atoms with E-state index in [1.807, 2.05) is 12.1 Å². The van der Waals surface area contributed by atoms with Crippen LogP contribution in [0.15, 0.2) is 18.2 Å². The van der Waals surface area contributed by atoms with Crippen LogP contribution >= 0.6 is 0 Å². The Morgan fingerprint density at radius 1 is 1.43 bits per heavy atom. The van der Waals surface area contributed by atoms with Crippen LogP contribution < -0.4 is 10.6 Å². The van der Waals surface area contributed by atoms with Crippen molar-refractivity contribution in [2.24, 2.45) is 5.92 Å². The Kier molecular flexibility index (Phi) is 5.10. The lowest BCUT2D eigenvalue weighted by atomic mass is 10.1. The Balaban J connectivity index is 2.15. The maximum atomic E-state index is 11.7. The number of rotatable bonds is 7. The fourth-order valence-corrected chi connectivity index (χ4v) is 2.44. The van der Waals surface area contributed by atoms with E-state index in [4.69, 9.17) is 10.5 Å². The third kappa shape index (κ3) is 4.13. The lowest BCUT2D eigenvalue weighted by molar-refractivity contribution is 0.0526. The summed E-state index contributed by atoms with van der Waals surface area (Å²) in [6, 6.07) is 6.12. The molecule has 0 unspecified atom stereocenters. The second-order valence-corrected chi connectivity index (χ2v) is 6.10. The van der Waals surface area contributed by atoms with E-state index in [-0.39, 0.29) is 5.97 Å². The molecule has 4 heteroatoms. The first-order valence-electron chi connectivity index (χ1n) is 7.86. The molecule has 1 aliphatic carbocycles. The molecule has 1 aromatic rings. The average molecular weight is 290 g/mol. The number of nitrogens with two attached hydrogens (primary N) is 1. The van der Waals surface area contributed by atoms with Crippen molar-refractivity contribution in [3.8, 4) is 0 Å². The molecule has 2 rings (SSSR count). The van der Waals surface area contributed by atoms with Crippen LogP contribution in [0.1, 0.15) is 50.4 Å². The van der Waals surface area contributed by atoms with Gasteiger partial charge in [-0.2, -0.15) is 0 Å². The molecule has 0 bridgehead atoms. The highest BCUT2D eigenvalue weighted by Gasteiger charge is 2.30. The summed E-state index contributed by atoms with van der Waals surface area (Å²) in [6.07, 6.45) is 3.61. The van der Waals surface area contributed by atoms with Gasteiger partial charge in [-0.3, -0.25) is 0 Å². The zero-order valence-electron chi connectivity index (χ0n) is 13.3. The van der Waals surface area contributed by atoms with Gasteiger partial charge < -0.3 is 15.4 Å². The summed E-state index contributed by atoms with van der Waals surface area (Å²) in [7, 11) is 0. The number of ether oxygens (including phenoxy) is 1. The summed E-state index contributed by atoms with van der Waals surface area (Å²) in [5.74, 6) is 0.363. The van der Waals surface area contributed by atoms with Crippen LogP contribution in [0.3, 0.4) is 0 Å². The first-order valence-corrected chi connectivity index (χ1v) is 7.86. The fourth-order valence-electron chi connectivity index (χ4n) is 2.44. The van der Waals surface area contributed by atoms with Crippen molar-refractivity contribution in [3.05, 3.63) is 23.8 Å². The summed E-state index contributed by atoms with van der Waals surface area (Å²) < 4.78 is 5.01. The molecule has 1 aromatic carbocycles. The first-order chi connectivity index (χ1) is 10.0. The van der Waals surface area contributed by atoms with Crippen LogP contribution in [0.25, 0.3) is 0 Å². The molecule has 0 aromatic heterocycles. The molecule has 21 heavy (non-hydrogen) atoms. The van der Waals surface area contributed by atoms with Crippen LogP contribution in [-0.4, -0.2) is 25.2 Å². The number of esters is 1. The number of hydrogen-bond donors (Lipinski definition) is 1. The van der Waals surface area contributed by atoms with Gasteiger partial charge >= 0.3 is 5.97 Å². The summed E-state index contributed by atoms with van der Waals surface area (Å²) in [4.78, 5) is 14.1. The molecule has 0 atom stereocenters. The molecule has 4 nitrogen and oxygen atoms in total. The predicted molar refractivity (Wildman–Crippen MR) is 86.6 cm³/mol. The van der Waals surface area contributed by atoms with Gasteiger partial charge in [0.15, 0.2) is 0 Å². The van der Waals surface area contributed by atoms with E-state index in [9.17, 15) is 4.79 Å². The Morgan fingerprint density at radius 2 is 2.14 bits per heavy atom. The van der Waals surface area contributed by atoms with E-state index in [0.29, 0.717) is 29.8 Å². The van der Waals surface area contributed by atoms with Gasteiger partial charge in [0, 0.05) is 12.6 Å². The van der Waals surface area contributed by atoms with Crippen LogP contribution in [-0.2, 0) is 4.74 Å². The van der Waals surface area contributed by atoms with Gasteiger partial charge in [-0.1, -0.05) is 13.8 Å². The highest BCUT2D eigenvalue weighted by atomic mass is 16.5. The minimum absolute atomic E-state index is 0.309. The third-order valence-corrected chi connectivity index (χ3v) is 3.78. The van der Waals surface area contributed by atoms with Crippen molar-refractivity contribution in [3.63, 3.8) is 0 Å². The fraction of sp³-hybridized carbons (Fsp3) is 0.588. The van der Waals surface area contributed by atoms with Gasteiger partial charge in [-0.05, 0) is 50.3 Å². The largest absolute Gasteiger partial charge is 0.462 e. The maximum absolute atomic E-state index is 11.7. The van der Waals surface area contributed by atoms with E-state index >= 15 is 0 Å². The Morgan fingerprint density at radius 3 is 2.67 bits per heavy atom. The number of hydrogen-bond acceptors (Lipinski definition) is 4. The van der Waals surface area contributed by atoms with Crippen LogP contribution in [0.4, 0.5) is 11.4 Å². The molecule has 0 aliphatic heterocycles. The van der Waals surface area contributed by atoms with E-state index in [1.54, 1.807) is 13.0 Å². The molecular weight excluding hydrogens is 264 g/mol. The zero-order chi connectivity index (χ0) is 15.4. The van der Waals surface area contributed by atoms with Crippen molar-refractivity contribution in [1.29, 1.82) is 0 Å². The molecule has 0 radical (unpaired) electrons. The zero-order valence-corrected chi connectivity index (χ0v) is 13.3. The molecule has 0 amide bonds. The quantitative estimate of drug-likeness (QED) is 0.617. The molecule has 1 fully saturated rings. The summed E-state index contributed by atoms with van der Waals surface area (Å²) in [5, 5.41) is 0. The van der Waals surface area contributed by atoms with Gasteiger partial charge in [0.2, 0.25) is 0 Å². The number of nitrogen functional groups attached to an aromatic ring is 1. The minimum atomic E-state index is -0.309. The van der Waals surface area contributed by atoms with Crippen LogP contribution in [0.2, 0.25) is 0 Å². The predicted octanol–water partition coefficient (Wildman–Crippen LogP) is 3.46. The summed E-state index contributed by atoms with van der Waals surface area (Å²) in [5.41, 5.74) is 8.41. The van der Waals surface area contributed by atoms with Gasteiger partial charge in [-0.15, -0.1) is 0 Å². The lowest BCUT2D eigenvalue weighted by Gasteiger charge is -2.27. The van der Waals surface area contributed by atoms with Crippen molar-refractivity contribution < 1.29 is 9.53 Å². The number of carbonyl (C=O) groups excluding carboxylic acids is 1. The second-order valence-electron chi connectivity index (χ2n) is 6.10. The standard InChI is InChI=1S/C17H26N2O2/c1-4-21-17(20)13-5-8-16(15(18)11-13)19(14-6-7-14)10-9-12(2)3/h5,8,11-12,14H,4,6-7,9-10,18H2,1-3H3. The van der Waals surface area contributed by atoms with Crippen molar-refractivity contribution in [2.45, 2.75) is 46.1 Å². The van der Waals surface area contributed by atoms with E-state index in [2.05, 4.69) is 18.7 Å². The van der Waals surface area contributed by atoms with Crippen molar-refractivity contribution in [1.82, 2.24) is 0 Å². The SMILES string of the molecule is CCOC(=O)c1ccc(N(CCC(C)C)C2CC2)c(N)c1. The first kappa shape index (κ1) is 15.7. The van der Waals surface area contributed by atoms with E-state index in [0.717, 1.165) is 18.7 Å². The van der Waals surface area contributed by atoms with Crippen molar-refractivity contribution in [2.75, 3.05) is 23.8 Å². The molecule has 0 heterocycles. The number of carbonyl (C=O) groups is 1. The van der Waals surface area contributed by atoms with E-state index in [1.165, 1.54) is 12.8 Å². The van der Waals surface area contributed by atoms with Gasteiger partial charge in [0.05, 0.1) is 23.5 Å². The monoisotopic (exact) mass is 290 g/mol. The Labute approximate surface area is 127 Å². The van der Waals surface area contributed by atoms with Crippen LogP contribution in [0, 0.1) is 5.92 Å². The number of anilines is 2. The molecular formula is C17H26N2O2. The molecule has 2 N–H and O–H groups in total. The lowest BCUT2D eigenvalue weighted by Crippen LogP contribution is -2.28. The highest BCUT2D eigenvalue weighted by molar-refractivity contribution is 5.92. The maximum Gasteiger partial charge on any atom is 0.338 e. The highest BCUT2D eigenvalue weighted by Crippen LogP contribution is 2.35. The molecule has 0 saturated heterocycles. The molecule has 1 aliphatic rings. The summed E-state index contributed by atoms with van der Waals surface area (Å²) in [6.45, 7) is 7.67. The van der Waals surface area contributed by atoms with Gasteiger partial charge in [0.1, 0.15) is 0 Å². The number of nitrogens with zero attached hydrogens (tertiary/aromatic N) is 1. The normalized spacial score (nSPS) is 14.3. The molecule has 0 spiro atoms.